The summed E-state index contributed by atoms with van der Waals surface area (Å²) in [6, 6.07) is 0.233. The van der Waals surface area contributed by atoms with Gasteiger partial charge in [-0.1, -0.05) is 12.2 Å². The van der Waals surface area contributed by atoms with Crippen molar-refractivity contribution in [3.63, 3.8) is 0 Å². The van der Waals surface area contributed by atoms with E-state index in [0.29, 0.717) is 6.54 Å². The summed E-state index contributed by atoms with van der Waals surface area (Å²) in [5, 5.41) is 2.84. The molecule has 2 saturated heterocycles. The van der Waals surface area contributed by atoms with Crippen molar-refractivity contribution in [1.29, 1.82) is 0 Å². The van der Waals surface area contributed by atoms with E-state index in [1.165, 1.54) is 0 Å². The van der Waals surface area contributed by atoms with Crippen molar-refractivity contribution in [3.8, 4) is 0 Å². The van der Waals surface area contributed by atoms with Crippen LogP contribution in [-0.4, -0.2) is 54.0 Å². The highest BCUT2D eigenvalue weighted by molar-refractivity contribution is 5.80. The zero-order valence-corrected chi connectivity index (χ0v) is 11.2. The molecule has 5 heteroatoms. The van der Waals surface area contributed by atoms with E-state index < -0.39 is 0 Å². The Hall–Kier alpha value is -1.52. The number of amides is 3. The number of nitrogens with one attached hydrogen (secondary N) is 1. The second-order valence-corrected chi connectivity index (χ2v) is 5.65. The van der Waals surface area contributed by atoms with Crippen LogP contribution in [0.3, 0.4) is 0 Å². The fourth-order valence-corrected chi connectivity index (χ4v) is 3.32. The van der Waals surface area contributed by atoms with E-state index in [1.807, 2.05) is 9.80 Å². The predicted molar refractivity (Wildman–Crippen MR) is 71.6 cm³/mol. The number of piperidine rings is 1. The molecule has 0 aromatic rings. The molecule has 2 fully saturated rings. The molecule has 0 saturated carbocycles. The number of rotatable bonds is 2. The van der Waals surface area contributed by atoms with Gasteiger partial charge in [0, 0.05) is 32.1 Å². The van der Waals surface area contributed by atoms with Gasteiger partial charge in [-0.3, -0.25) is 4.79 Å². The van der Waals surface area contributed by atoms with Gasteiger partial charge in [0.15, 0.2) is 0 Å². The number of hydrogen-bond acceptors (Lipinski definition) is 2. The van der Waals surface area contributed by atoms with Crippen molar-refractivity contribution >= 4 is 11.9 Å². The van der Waals surface area contributed by atoms with Crippen LogP contribution in [0.15, 0.2) is 12.2 Å². The Kier molecular flexibility index (Phi) is 3.44. The quantitative estimate of drug-likeness (QED) is 0.755. The van der Waals surface area contributed by atoms with Crippen molar-refractivity contribution < 1.29 is 9.59 Å². The van der Waals surface area contributed by atoms with Gasteiger partial charge in [0.25, 0.3) is 0 Å². The second kappa shape index (κ2) is 5.23. The molecule has 1 unspecified atom stereocenters. The van der Waals surface area contributed by atoms with E-state index in [2.05, 4.69) is 17.5 Å². The summed E-state index contributed by atoms with van der Waals surface area (Å²) in [6.45, 7) is 3.07. The molecular weight excluding hydrogens is 242 g/mol. The van der Waals surface area contributed by atoms with Crippen molar-refractivity contribution in [2.75, 3.05) is 26.2 Å². The Morgan fingerprint density at radius 1 is 1.26 bits per heavy atom. The molecule has 0 spiro atoms. The average molecular weight is 263 g/mol. The zero-order valence-electron chi connectivity index (χ0n) is 11.2. The molecule has 3 aliphatic rings. The van der Waals surface area contributed by atoms with E-state index in [9.17, 15) is 9.59 Å². The zero-order chi connectivity index (χ0) is 13.2. The van der Waals surface area contributed by atoms with Gasteiger partial charge >= 0.3 is 6.03 Å². The van der Waals surface area contributed by atoms with Gasteiger partial charge in [-0.2, -0.15) is 0 Å². The number of likely N-dealkylation sites (tertiary alicyclic amines) is 1. The van der Waals surface area contributed by atoms with E-state index in [-0.39, 0.29) is 23.9 Å². The third kappa shape index (κ3) is 2.46. The molecule has 0 aromatic heterocycles. The minimum absolute atomic E-state index is 0.0295. The lowest BCUT2D eigenvalue weighted by Gasteiger charge is -2.38. The summed E-state index contributed by atoms with van der Waals surface area (Å²) in [4.78, 5) is 28.0. The van der Waals surface area contributed by atoms with Gasteiger partial charge in [0.05, 0.1) is 6.04 Å². The van der Waals surface area contributed by atoms with Crippen molar-refractivity contribution in [2.45, 2.75) is 31.7 Å². The van der Waals surface area contributed by atoms with Gasteiger partial charge in [-0.15, -0.1) is 0 Å². The molecular formula is C14H21N3O2. The van der Waals surface area contributed by atoms with Gasteiger partial charge in [0.2, 0.25) is 5.91 Å². The number of carbonyl (C=O) groups excluding carboxylic acids is 2. The summed E-state index contributed by atoms with van der Waals surface area (Å²) in [5.41, 5.74) is 0. The van der Waals surface area contributed by atoms with Crippen LogP contribution in [0.5, 0.6) is 0 Å². The molecule has 0 aromatic carbocycles. The molecule has 1 atom stereocenters. The predicted octanol–water partition coefficient (Wildman–Crippen LogP) is 0.969. The molecule has 2 aliphatic heterocycles. The summed E-state index contributed by atoms with van der Waals surface area (Å²) in [6.07, 6.45) is 7.96. The molecule has 5 nitrogen and oxygen atoms in total. The maximum Gasteiger partial charge on any atom is 0.317 e. The highest BCUT2D eigenvalue weighted by atomic mass is 16.2. The maximum absolute atomic E-state index is 12.4. The Balaban J connectivity index is 1.61. The average Bonchev–Trinajstić information content (AvgIpc) is 3.09. The maximum atomic E-state index is 12.4. The standard InChI is InChI=1S/C14H21N3O2/c18-13(11-4-1-2-5-11)16-8-3-6-12(10-16)17-9-7-15-14(17)19/h1-2,11-12H,3-10H2,(H,15,19). The number of urea groups is 1. The van der Waals surface area contributed by atoms with Crippen LogP contribution in [-0.2, 0) is 4.79 Å². The number of nitrogens with zero attached hydrogens (tertiary/aromatic N) is 2. The summed E-state index contributed by atoms with van der Waals surface area (Å²) in [7, 11) is 0. The lowest BCUT2D eigenvalue weighted by molar-refractivity contribution is -0.137. The molecule has 0 radical (unpaired) electrons. The topological polar surface area (TPSA) is 52.7 Å². The third-order valence-corrected chi connectivity index (χ3v) is 4.40. The van der Waals surface area contributed by atoms with E-state index in [0.717, 1.165) is 45.3 Å². The van der Waals surface area contributed by atoms with Crippen molar-refractivity contribution in [3.05, 3.63) is 12.2 Å². The van der Waals surface area contributed by atoms with Gasteiger partial charge in [-0.25, -0.2) is 4.79 Å². The minimum atomic E-state index is 0.0295. The monoisotopic (exact) mass is 263 g/mol. The van der Waals surface area contributed by atoms with Crippen LogP contribution in [0.1, 0.15) is 25.7 Å². The molecule has 1 aliphatic carbocycles. The molecule has 19 heavy (non-hydrogen) atoms. The fourth-order valence-electron chi connectivity index (χ4n) is 3.32. The number of allylic oxidation sites excluding steroid dienone is 2. The first-order valence-electron chi connectivity index (χ1n) is 7.24. The van der Waals surface area contributed by atoms with Crippen LogP contribution in [0.2, 0.25) is 0 Å². The van der Waals surface area contributed by atoms with Crippen molar-refractivity contribution in [1.82, 2.24) is 15.1 Å². The summed E-state index contributed by atoms with van der Waals surface area (Å²) >= 11 is 0. The highest BCUT2D eigenvalue weighted by Crippen LogP contribution is 2.24. The van der Waals surface area contributed by atoms with E-state index >= 15 is 0 Å². The first kappa shape index (κ1) is 12.5. The second-order valence-electron chi connectivity index (χ2n) is 5.65. The smallest absolute Gasteiger partial charge is 0.317 e. The third-order valence-electron chi connectivity index (χ3n) is 4.40. The fraction of sp³-hybridized carbons (Fsp3) is 0.714. The normalized spacial score (nSPS) is 28.0. The van der Waals surface area contributed by atoms with E-state index in [1.54, 1.807) is 0 Å². The molecule has 104 valence electrons. The van der Waals surface area contributed by atoms with E-state index in [4.69, 9.17) is 0 Å². The minimum Gasteiger partial charge on any atom is -0.340 e. The van der Waals surface area contributed by atoms with Crippen molar-refractivity contribution in [2.24, 2.45) is 5.92 Å². The first-order chi connectivity index (χ1) is 9.25. The van der Waals surface area contributed by atoms with Crippen LogP contribution in [0.4, 0.5) is 4.79 Å². The summed E-state index contributed by atoms with van der Waals surface area (Å²) in [5.74, 6) is 0.417. The molecule has 3 amide bonds. The Labute approximate surface area is 113 Å². The van der Waals surface area contributed by atoms with Crippen LogP contribution >= 0.6 is 0 Å². The van der Waals surface area contributed by atoms with Crippen LogP contribution in [0, 0.1) is 5.92 Å². The lowest BCUT2D eigenvalue weighted by atomic mass is 10.00. The largest absolute Gasteiger partial charge is 0.340 e. The number of hydrogen-bond donors (Lipinski definition) is 1. The molecule has 2 heterocycles. The van der Waals surface area contributed by atoms with Crippen LogP contribution in [0.25, 0.3) is 0 Å². The van der Waals surface area contributed by atoms with Gasteiger partial charge < -0.3 is 15.1 Å². The first-order valence-corrected chi connectivity index (χ1v) is 7.24. The molecule has 0 bridgehead atoms. The van der Waals surface area contributed by atoms with Gasteiger partial charge in [0.1, 0.15) is 0 Å². The lowest BCUT2D eigenvalue weighted by Crippen LogP contribution is -2.51. The SMILES string of the molecule is O=C(C1CC=CC1)N1CCCC(N2CCNC2=O)C1. The number of carbonyl (C=O) groups is 2. The summed E-state index contributed by atoms with van der Waals surface area (Å²) < 4.78 is 0. The van der Waals surface area contributed by atoms with Crippen LogP contribution < -0.4 is 5.32 Å². The molecule has 1 N–H and O–H groups in total. The van der Waals surface area contributed by atoms with Gasteiger partial charge in [-0.05, 0) is 25.7 Å². The Bertz CT molecular complexity index is 399. The highest BCUT2D eigenvalue weighted by Gasteiger charge is 2.34. The Morgan fingerprint density at radius 3 is 2.74 bits per heavy atom. The Morgan fingerprint density at radius 2 is 2.05 bits per heavy atom. The molecule has 3 rings (SSSR count).